The third-order valence-corrected chi connectivity index (χ3v) is 5.21. The molecule has 0 saturated heterocycles. The molecule has 1 N–H and O–H groups in total. The quantitative estimate of drug-likeness (QED) is 0.876. The molecule has 0 radical (unpaired) electrons. The zero-order chi connectivity index (χ0) is 14.8. The van der Waals surface area contributed by atoms with Crippen LogP contribution in [0.1, 0.15) is 44.4 Å². The molecular formula is C16H25N3S. The van der Waals surface area contributed by atoms with E-state index < -0.39 is 0 Å². The first-order chi connectivity index (χ1) is 9.42. The second kappa shape index (κ2) is 6.10. The molecule has 0 aliphatic carbocycles. The SMILES string of the molecule is CC(C)C(C)(C)CNC(c1cccs1)c1nccn1C. The van der Waals surface area contributed by atoms with Gasteiger partial charge in [0.25, 0.3) is 0 Å². The third-order valence-electron chi connectivity index (χ3n) is 4.27. The molecular weight excluding hydrogens is 266 g/mol. The minimum atomic E-state index is 0.174. The van der Waals surface area contributed by atoms with Crippen molar-refractivity contribution in [2.75, 3.05) is 6.54 Å². The van der Waals surface area contributed by atoms with Gasteiger partial charge in [0.15, 0.2) is 0 Å². The second-order valence-corrected chi connectivity index (χ2v) is 7.35. The molecule has 0 aliphatic heterocycles. The van der Waals surface area contributed by atoms with Crippen molar-refractivity contribution in [3.63, 3.8) is 0 Å². The van der Waals surface area contributed by atoms with E-state index in [9.17, 15) is 0 Å². The first-order valence-electron chi connectivity index (χ1n) is 7.16. The molecule has 2 rings (SSSR count). The first kappa shape index (κ1) is 15.3. The van der Waals surface area contributed by atoms with Crippen LogP contribution in [0.3, 0.4) is 0 Å². The molecule has 2 heterocycles. The van der Waals surface area contributed by atoms with E-state index >= 15 is 0 Å². The van der Waals surface area contributed by atoms with E-state index in [0.29, 0.717) is 5.92 Å². The first-order valence-corrected chi connectivity index (χ1v) is 8.04. The summed E-state index contributed by atoms with van der Waals surface area (Å²) in [4.78, 5) is 5.84. The van der Waals surface area contributed by atoms with Crippen molar-refractivity contribution >= 4 is 11.3 Å². The summed E-state index contributed by atoms with van der Waals surface area (Å²) in [5, 5.41) is 5.84. The molecule has 2 aromatic heterocycles. The van der Waals surface area contributed by atoms with Gasteiger partial charge in [-0.05, 0) is 22.8 Å². The van der Waals surface area contributed by atoms with E-state index in [2.05, 4.69) is 67.1 Å². The summed E-state index contributed by atoms with van der Waals surface area (Å²) in [5.41, 5.74) is 0.265. The van der Waals surface area contributed by atoms with Crippen molar-refractivity contribution in [1.82, 2.24) is 14.9 Å². The number of rotatable bonds is 6. The van der Waals surface area contributed by atoms with E-state index in [0.717, 1.165) is 12.4 Å². The van der Waals surface area contributed by atoms with Crippen LogP contribution >= 0.6 is 11.3 Å². The van der Waals surface area contributed by atoms with Gasteiger partial charge in [0.1, 0.15) is 11.9 Å². The lowest BCUT2D eigenvalue weighted by molar-refractivity contribution is 0.231. The molecule has 0 aromatic carbocycles. The number of thiophene rings is 1. The smallest absolute Gasteiger partial charge is 0.131 e. The van der Waals surface area contributed by atoms with Crippen LogP contribution in [0, 0.1) is 11.3 Å². The average molecular weight is 291 g/mol. The highest BCUT2D eigenvalue weighted by atomic mass is 32.1. The van der Waals surface area contributed by atoms with Gasteiger partial charge in [-0.3, -0.25) is 0 Å². The number of aromatic nitrogens is 2. The summed E-state index contributed by atoms with van der Waals surface area (Å²) in [6.07, 6.45) is 3.87. The van der Waals surface area contributed by atoms with Gasteiger partial charge in [-0.2, -0.15) is 0 Å². The molecule has 0 saturated carbocycles. The van der Waals surface area contributed by atoms with Crippen LogP contribution in [0.15, 0.2) is 29.9 Å². The van der Waals surface area contributed by atoms with Gasteiger partial charge < -0.3 is 9.88 Å². The Hall–Kier alpha value is -1.13. The summed E-state index contributed by atoms with van der Waals surface area (Å²) in [6, 6.07) is 4.46. The molecule has 0 fully saturated rings. The predicted molar refractivity (Wildman–Crippen MR) is 86.0 cm³/mol. The Bertz CT molecular complexity index is 526. The highest BCUT2D eigenvalue weighted by molar-refractivity contribution is 7.10. The molecule has 3 nitrogen and oxygen atoms in total. The highest BCUT2D eigenvalue weighted by Crippen LogP contribution is 2.29. The largest absolute Gasteiger partial charge is 0.336 e. The second-order valence-electron chi connectivity index (χ2n) is 6.37. The molecule has 0 spiro atoms. The lowest BCUT2D eigenvalue weighted by atomic mass is 9.81. The molecule has 20 heavy (non-hydrogen) atoms. The Labute approximate surface area is 126 Å². The fourth-order valence-corrected chi connectivity index (χ4v) is 2.80. The van der Waals surface area contributed by atoms with Crippen molar-refractivity contribution < 1.29 is 0 Å². The standard InChI is InChI=1S/C16H25N3S/c1-12(2)16(3,4)11-18-14(13-7-6-10-20-13)15-17-8-9-19(15)5/h6-10,12,14,18H,11H2,1-5H3. The van der Waals surface area contributed by atoms with Crippen LogP contribution < -0.4 is 5.32 Å². The number of hydrogen-bond donors (Lipinski definition) is 1. The number of imidazole rings is 1. The van der Waals surface area contributed by atoms with Gasteiger partial charge in [-0.15, -0.1) is 11.3 Å². The predicted octanol–water partition coefficient (Wildman–Crippen LogP) is 3.84. The Morgan fingerprint density at radius 1 is 1.40 bits per heavy atom. The maximum Gasteiger partial charge on any atom is 0.131 e. The Balaban J connectivity index is 2.19. The molecule has 1 unspecified atom stereocenters. The summed E-state index contributed by atoms with van der Waals surface area (Å²) in [6.45, 7) is 10.2. The van der Waals surface area contributed by atoms with Gasteiger partial charge in [-0.25, -0.2) is 4.98 Å². The van der Waals surface area contributed by atoms with Gasteiger partial charge in [-0.1, -0.05) is 33.8 Å². The van der Waals surface area contributed by atoms with Crippen LogP contribution in [0.2, 0.25) is 0 Å². The molecule has 0 aliphatic rings. The number of nitrogens with zero attached hydrogens (tertiary/aromatic N) is 2. The van der Waals surface area contributed by atoms with Crippen molar-refractivity contribution in [2.45, 2.75) is 33.7 Å². The van der Waals surface area contributed by atoms with Crippen molar-refractivity contribution in [3.05, 3.63) is 40.6 Å². The average Bonchev–Trinajstić information content (AvgIpc) is 3.02. The summed E-state index contributed by atoms with van der Waals surface area (Å²) < 4.78 is 2.10. The van der Waals surface area contributed by atoms with Gasteiger partial charge in [0, 0.05) is 30.9 Å². The zero-order valence-corrected chi connectivity index (χ0v) is 13.9. The van der Waals surface area contributed by atoms with Crippen LogP contribution in [0.5, 0.6) is 0 Å². The van der Waals surface area contributed by atoms with E-state index in [4.69, 9.17) is 0 Å². The minimum absolute atomic E-state index is 0.174. The van der Waals surface area contributed by atoms with Gasteiger partial charge >= 0.3 is 0 Å². The van der Waals surface area contributed by atoms with Crippen molar-refractivity contribution in [1.29, 1.82) is 0 Å². The number of hydrogen-bond acceptors (Lipinski definition) is 3. The van der Waals surface area contributed by atoms with E-state index in [1.807, 2.05) is 12.4 Å². The number of aryl methyl sites for hydroxylation is 1. The zero-order valence-electron chi connectivity index (χ0n) is 13.1. The minimum Gasteiger partial charge on any atom is -0.336 e. The van der Waals surface area contributed by atoms with Crippen molar-refractivity contribution in [3.8, 4) is 0 Å². The lowest BCUT2D eigenvalue weighted by Crippen LogP contribution is -2.36. The topological polar surface area (TPSA) is 29.9 Å². The maximum atomic E-state index is 4.52. The fraction of sp³-hybridized carbons (Fsp3) is 0.562. The van der Waals surface area contributed by atoms with Crippen LogP contribution in [-0.4, -0.2) is 16.1 Å². The molecule has 2 aromatic rings. The molecule has 0 bridgehead atoms. The molecule has 4 heteroatoms. The van der Waals surface area contributed by atoms with Crippen LogP contribution in [-0.2, 0) is 7.05 Å². The van der Waals surface area contributed by atoms with Gasteiger partial charge in [0.2, 0.25) is 0 Å². The normalized spacial score (nSPS) is 13.9. The summed E-state index contributed by atoms with van der Waals surface area (Å²) in [5.74, 6) is 1.72. The highest BCUT2D eigenvalue weighted by Gasteiger charge is 2.26. The third kappa shape index (κ3) is 3.30. The maximum absolute atomic E-state index is 4.52. The van der Waals surface area contributed by atoms with E-state index in [1.165, 1.54) is 4.88 Å². The number of nitrogens with one attached hydrogen (secondary N) is 1. The van der Waals surface area contributed by atoms with Crippen molar-refractivity contribution in [2.24, 2.45) is 18.4 Å². The Kier molecular flexibility index (Phi) is 4.66. The monoisotopic (exact) mass is 291 g/mol. The van der Waals surface area contributed by atoms with Crippen LogP contribution in [0.4, 0.5) is 0 Å². The lowest BCUT2D eigenvalue weighted by Gasteiger charge is -2.31. The van der Waals surface area contributed by atoms with Gasteiger partial charge in [0.05, 0.1) is 0 Å². The van der Waals surface area contributed by atoms with E-state index in [-0.39, 0.29) is 11.5 Å². The molecule has 1 atom stereocenters. The summed E-state index contributed by atoms with van der Waals surface area (Å²) in [7, 11) is 2.05. The fourth-order valence-electron chi connectivity index (χ4n) is 2.00. The van der Waals surface area contributed by atoms with Crippen LogP contribution in [0.25, 0.3) is 0 Å². The Morgan fingerprint density at radius 2 is 2.15 bits per heavy atom. The van der Waals surface area contributed by atoms with E-state index in [1.54, 1.807) is 11.3 Å². The molecule has 110 valence electrons. The summed E-state index contributed by atoms with van der Waals surface area (Å²) >= 11 is 1.78. The molecule has 0 amide bonds. The Morgan fingerprint density at radius 3 is 2.65 bits per heavy atom.